The highest BCUT2D eigenvalue weighted by Gasteiger charge is 2.24. The largest absolute Gasteiger partial charge is 0.480 e. The summed E-state index contributed by atoms with van der Waals surface area (Å²) in [6, 6.07) is 3.52. The lowest BCUT2D eigenvalue weighted by atomic mass is 10.1. The molecule has 0 fully saturated rings. The molecule has 1 aromatic carbocycles. The number of carbonyl (C=O) groups is 2. The SMILES string of the molecule is C[C@@H](C(=O)O)N(C)C(=O)c1ccc(Cl)cc1Cl. The first-order valence-corrected chi connectivity index (χ1v) is 5.55. The highest BCUT2D eigenvalue weighted by molar-refractivity contribution is 6.36. The van der Waals surface area contributed by atoms with Gasteiger partial charge in [0.1, 0.15) is 6.04 Å². The van der Waals surface area contributed by atoms with Crippen LogP contribution in [0.1, 0.15) is 17.3 Å². The van der Waals surface area contributed by atoms with Crippen LogP contribution < -0.4 is 0 Å². The lowest BCUT2D eigenvalue weighted by Crippen LogP contribution is -2.40. The van der Waals surface area contributed by atoms with Crippen molar-refractivity contribution >= 4 is 35.1 Å². The molecule has 0 heterocycles. The number of benzene rings is 1. The number of aliphatic carboxylic acids is 1. The minimum absolute atomic E-state index is 0.201. The number of carboxylic acid groups (broad SMARTS) is 1. The molecule has 0 aliphatic rings. The molecule has 0 bridgehead atoms. The van der Waals surface area contributed by atoms with Crippen molar-refractivity contribution in [3.63, 3.8) is 0 Å². The maximum atomic E-state index is 12.0. The molecule has 0 unspecified atom stereocenters. The van der Waals surface area contributed by atoms with Gasteiger partial charge in [0.05, 0.1) is 10.6 Å². The molecule has 0 saturated heterocycles. The molecule has 6 heteroatoms. The van der Waals surface area contributed by atoms with Gasteiger partial charge in [-0.15, -0.1) is 0 Å². The van der Waals surface area contributed by atoms with Gasteiger partial charge in [-0.3, -0.25) is 4.79 Å². The first kappa shape index (κ1) is 13.8. The Balaban J connectivity index is 3.00. The minimum atomic E-state index is -1.08. The molecule has 1 N–H and O–H groups in total. The number of nitrogens with zero attached hydrogens (tertiary/aromatic N) is 1. The van der Waals surface area contributed by atoms with Gasteiger partial charge in [-0.1, -0.05) is 23.2 Å². The summed E-state index contributed by atoms with van der Waals surface area (Å²) in [5.74, 6) is -1.53. The van der Waals surface area contributed by atoms with Crippen LogP contribution in [0.2, 0.25) is 10.0 Å². The van der Waals surface area contributed by atoms with E-state index < -0.39 is 17.9 Å². The van der Waals surface area contributed by atoms with Gasteiger partial charge in [-0.2, -0.15) is 0 Å². The van der Waals surface area contributed by atoms with Crippen molar-refractivity contribution < 1.29 is 14.7 Å². The Morgan fingerprint density at radius 1 is 1.35 bits per heavy atom. The third-order valence-corrected chi connectivity index (χ3v) is 2.97. The van der Waals surface area contributed by atoms with Gasteiger partial charge in [-0.25, -0.2) is 4.79 Å². The molecule has 0 spiro atoms. The zero-order valence-electron chi connectivity index (χ0n) is 9.28. The van der Waals surface area contributed by atoms with Gasteiger partial charge in [0, 0.05) is 12.1 Å². The van der Waals surface area contributed by atoms with Gasteiger partial charge in [-0.05, 0) is 25.1 Å². The van der Waals surface area contributed by atoms with Crippen molar-refractivity contribution in [3.8, 4) is 0 Å². The predicted octanol–water partition coefficient (Wildman–Crippen LogP) is 2.54. The summed E-state index contributed by atoms with van der Waals surface area (Å²) in [5, 5.41) is 9.43. The van der Waals surface area contributed by atoms with Crippen LogP contribution in [0.15, 0.2) is 18.2 Å². The lowest BCUT2D eigenvalue weighted by molar-refractivity contribution is -0.141. The van der Waals surface area contributed by atoms with Crippen molar-refractivity contribution in [2.45, 2.75) is 13.0 Å². The summed E-state index contributed by atoms with van der Waals surface area (Å²) in [5.41, 5.74) is 0.228. The van der Waals surface area contributed by atoms with Crippen LogP contribution in [-0.2, 0) is 4.79 Å². The van der Waals surface area contributed by atoms with Crippen molar-refractivity contribution in [2.75, 3.05) is 7.05 Å². The van der Waals surface area contributed by atoms with Crippen LogP contribution >= 0.6 is 23.2 Å². The fraction of sp³-hybridized carbons (Fsp3) is 0.273. The zero-order chi connectivity index (χ0) is 13.2. The van der Waals surface area contributed by atoms with E-state index in [0.717, 1.165) is 4.90 Å². The van der Waals surface area contributed by atoms with Crippen LogP contribution in [0.4, 0.5) is 0 Å². The minimum Gasteiger partial charge on any atom is -0.480 e. The van der Waals surface area contributed by atoms with Crippen molar-refractivity contribution in [1.29, 1.82) is 0 Å². The van der Waals surface area contributed by atoms with E-state index in [0.29, 0.717) is 5.02 Å². The molecule has 4 nitrogen and oxygen atoms in total. The summed E-state index contributed by atoms with van der Waals surface area (Å²) in [6.07, 6.45) is 0. The quantitative estimate of drug-likeness (QED) is 0.922. The van der Waals surface area contributed by atoms with Gasteiger partial charge < -0.3 is 10.0 Å². The number of likely N-dealkylation sites (N-methyl/N-ethyl adjacent to an activating group) is 1. The molecule has 92 valence electrons. The van der Waals surface area contributed by atoms with Crippen LogP contribution in [0.25, 0.3) is 0 Å². The second-order valence-electron chi connectivity index (χ2n) is 3.55. The predicted molar refractivity (Wildman–Crippen MR) is 65.7 cm³/mol. The average molecular weight is 276 g/mol. The van der Waals surface area contributed by atoms with E-state index in [1.54, 1.807) is 0 Å². The fourth-order valence-electron chi connectivity index (χ4n) is 1.19. The highest BCUT2D eigenvalue weighted by atomic mass is 35.5. The molecule has 1 amide bonds. The van der Waals surface area contributed by atoms with E-state index in [2.05, 4.69) is 0 Å². The van der Waals surface area contributed by atoms with Gasteiger partial charge >= 0.3 is 5.97 Å². The number of halogens is 2. The van der Waals surface area contributed by atoms with Crippen molar-refractivity contribution in [1.82, 2.24) is 4.90 Å². The molecule has 0 aliphatic heterocycles. The van der Waals surface area contributed by atoms with Gasteiger partial charge in [0.2, 0.25) is 0 Å². The smallest absolute Gasteiger partial charge is 0.326 e. The third-order valence-electron chi connectivity index (χ3n) is 2.42. The molecule has 1 atom stereocenters. The Morgan fingerprint density at radius 2 is 1.94 bits per heavy atom. The molecule has 0 saturated carbocycles. The third kappa shape index (κ3) is 3.11. The Bertz CT molecular complexity index is 462. The summed E-state index contributed by atoms with van der Waals surface area (Å²) < 4.78 is 0. The summed E-state index contributed by atoms with van der Waals surface area (Å²) in [4.78, 5) is 23.8. The summed E-state index contributed by atoms with van der Waals surface area (Å²) in [6.45, 7) is 1.42. The van der Waals surface area contributed by atoms with Crippen molar-refractivity contribution in [2.24, 2.45) is 0 Å². The van der Waals surface area contributed by atoms with E-state index in [-0.39, 0.29) is 10.6 Å². The number of carboxylic acids is 1. The van der Waals surface area contributed by atoms with E-state index in [9.17, 15) is 9.59 Å². The first-order valence-electron chi connectivity index (χ1n) is 4.79. The Labute approximate surface area is 109 Å². The topological polar surface area (TPSA) is 57.6 Å². The molecular weight excluding hydrogens is 265 g/mol. The second kappa shape index (κ2) is 5.38. The van der Waals surface area contributed by atoms with E-state index >= 15 is 0 Å². The maximum Gasteiger partial charge on any atom is 0.326 e. The normalized spacial score (nSPS) is 12.0. The molecule has 17 heavy (non-hydrogen) atoms. The Morgan fingerprint density at radius 3 is 2.41 bits per heavy atom. The lowest BCUT2D eigenvalue weighted by Gasteiger charge is -2.21. The van der Waals surface area contributed by atoms with Gasteiger partial charge in [0.15, 0.2) is 0 Å². The van der Waals surface area contributed by atoms with Crippen LogP contribution in [0.3, 0.4) is 0 Å². The molecule has 0 aliphatic carbocycles. The zero-order valence-corrected chi connectivity index (χ0v) is 10.8. The fourth-order valence-corrected chi connectivity index (χ4v) is 1.68. The Hall–Kier alpha value is -1.26. The number of hydrogen-bond acceptors (Lipinski definition) is 2. The Kier molecular flexibility index (Phi) is 4.37. The second-order valence-corrected chi connectivity index (χ2v) is 4.40. The van der Waals surface area contributed by atoms with Crippen LogP contribution in [-0.4, -0.2) is 35.0 Å². The van der Waals surface area contributed by atoms with Crippen LogP contribution in [0.5, 0.6) is 0 Å². The number of hydrogen-bond donors (Lipinski definition) is 1. The first-order chi connectivity index (χ1) is 7.84. The highest BCUT2D eigenvalue weighted by Crippen LogP contribution is 2.22. The standard InChI is InChI=1S/C11H11Cl2NO3/c1-6(11(16)17)14(2)10(15)8-4-3-7(12)5-9(8)13/h3-6H,1-2H3,(H,16,17)/t6-/m0/s1. The van der Waals surface area contributed by atoms with E-state index in [4.69, 9.17) is 28.3 Å². The van der Waals surface area contributed by atoms with Crippen LogP contribution in [0, 0.1) is 0 Å². The monoisotopic (exact) mass is 275 g/mol. The summed E-state index contributed by atoms with van der Waals surface area (Å²) >= 11 is 11.6. The number of carbonyl (C=O) groups excluding carboxylic acids is 1. The average Bonchev–Trinajstić information content (AvgIpc) is 2.26. The molecule has 1 aromatic rings. The number of rotatable bonds is 3. The van der Waals surface area contributed by atoms with Crippen molar-refractivity contribution in [3.05, 3.63) is 33.8 Å². The van der Waals surface area contributed by atoms with Gasteiger partial charge in [0.25, 0.3) is 5.91 Å². The summed E-state index contributed by atoms with van der Waals surface area (Å²) in [7, 11) is 1.41. The molecule has 0 aromatic heterocycles. The van der Waals surface area contributed by atoms with E-state index in [1.807, 2.05) is 0 Å². The molecule has 1 rings (SSSR count). The molecular formula is C11H11Cl2NO3. The number of amides is 1. The van der Waals surface area contributed by atoms with E-state index in [1.165, 1.54) is 32.2 Å². The molecule has 0 radical (unpaired) electrons. The maximum absolute atomic E-state index is 12.0.